The number of amides is 1. The Hall–Kier alpha value is -3.61. The van der Waals surface area contributed by atoms with Gasteiger partial charge in [-0.15, -0.1) is 5.10 Å². The minimum atomic E-state index is -1.38. The summed E-state index contributed by atoms with van der Waals surface area (Å²) in [5, 5.41) is 29.7. The Balaban J connectivity index is 1.63. The summed E-state index contributed by atoms with van der Waals surface area (Å²) in [6.45, 7) is 0.00188. The summed E-state index contributed by atoms with van der Waals surface area (Å²) in [6, 6.07) is 4.65. The fourth-order valence-electron chi connectivity index (χ4n) is 2.78. The van der Waals surface area contributed by atoms with Crippen molar-refractivity contribution < 1.29 is 24.4 Å². The minimum Gasteiger partial charge on any atom is -0.534 e. The third kappa shape index (κ3) is 4.38. The first kappa shape index (κ1) is 19.2. The molecule has 0 saturated carbocycles. The van der Waals surface area contributed by atoms with Crippen LogP contribution in [0.25, 0.3) is 0 Å². The van der Waals surface area contributed by atoms with Gasteiger partial charge in [0, 0.05) is 0 Å². The van der Waals surface area contributed by atoms with Crippen molar-refractivity contribution in [3.63, 3.8) is 0 Å². The number of aromatic nitrogens is 3. The predicted molar refractivity (Wildman–Crippen MR) is 97.2 cm³/mol. The van der Waals surface area contributed by atoms with Crippen LogP contribution in [0, 0.1) is 0 Å². The largest absolute Gasteiger partial charge is 0.547 e. The van der Waals surface area contributed by atoms with Crippen molar-refractivity contribution >= 4 is 25.0 Å². The van der Waals surface area contributed by atoms with Crippen molar-refractivity contribution in [2.45, 2.75) is 25.5 Å². The van der Waals surface area contributed by atoms with E-state index in [9.17, 15) is 19.7 Å². The van der Waals surface area contributed by atoms with Gasteiger partial charge in [0.05, 0.1) is 24.2 Å². The molecule has 28 heavy (non-hydrogen) atoms. The number of nitrogens with zero attached hydrogens (tertiary/aromatic N) is 4. The van der Waals surface area contributed by atoms with E-state index in [-0.39, 0.29) is 36.8 Å². The SMILES string of the molecule is NC(N)=NCc1cn(CC(=O)N[C@H]2Cc3cccc(C(=O)O)c3OB2O)nn1. The van der Waals surface area contributed by atoms with E-state index in [0.717, 1.165) is 0 Å². The van der Waals surface area contributed by atoms with E-state index in [0.29, 0.717) is 11.3 Å². The average Bonchev–Trinajstić information content (AvgIpc) is 3.07. The molecule has 0 unspecified atom stereocenters. The number of fused-ring (bicyclic) bond motifs is 1. The van der Waals surface area contributed by atoms with Gasteiger partial charge in [0.2, 0.25) is 5.91 Å². The fourth-order valence-corrected chi connectivity index (χ4v) is 2.78. The first-order valence-corrected chi connectivity index (χ1v) is 8.27. The molecule has 1 aromatic carbocycles. The number of carbonyl (C=O) groups excluding carboxylic acids is 1. The second kappa shape index (κ2) is 7.96. The number of carboxylic acids is 1. The summed E-state index contributed by atoms with van der Waals surface area (Å²) >= 11 is 0. The summed E-state index contributed by atoms with van der Waals surface area (Å²) in [7, 11) is -1.38. The quantitative estimate of drug-likeness (QED) is 0.210. The highest BCUT2D eigenvalue weighted by molar-refractivity contribution is 6.47. The van der Waals surface area contributed by atoms with Crippen LogP contribution in [0.4, 0.5) is 0 Å². The van der Waals surface area contributed by atoms with E-state index in [4.69, 9.17) is 16.1 Å². The van der Waals surface area contributed by atoms with Crippen LogP contribution in [-0.2, 0) is 24.3 Å². The van der Waals surface area contributed by atoms with Crippen LogP contribution < -0.4 is 21.4 Å². The Labute approximate surface area is 159 Å². The molecule has 0 bridgehead atoms. The Morgan fingerprint density at radius 3 is 2.93 bits per heavy atom. The molecule has 7 N–H and O–H groups in total. The van der Waals surface area contributed by atoms with Crippen molar-refractivity contribution in [3.8, 4) is 5.75 Å². The highest BCUT2D eigenvalue weighted by atomic mass is 16.5. The topological polar surface area (TPSA) is 191 Å². The highest BCUT2D eigenvalue weighted by Crippen LogP contribution is 2.30. The number of aromatic carboxylic acids is 1. The maximum Gasteiger partial charge on any atom is 0.547 e. The maximum atomic E-state index is 12.3. The standard InChI is InChI=1S/C15H18BN7O5/c17-15(18)19-5-9-6-23(22-21-9)7-12(24)20-11-4-8-2-1-3-10(14(25)26)13(8)28-16(11)27/h1-3,6,11,27H,4-5,7H2,(H,20,24)(H,25,26)(H4,17,18,19)/t11-/m0/s1. The molecule has 0 fully saturated rings. The second-order valence-electron chi connectivity index (χ2n) is 6.13. The lowest BCUT2D eigenvalue weighted by atomic mass is 9.72. The minimum absolute atomic E-state index is 0.0442. The summed E-state index contributed by atoms with van der Waals surface area (Å²) in [5.74, 6) is -2.30. The molecule has 12 nitrogen and oxygen atoms in total. The molecule has 13 heteroatoms. The first-order chi connectivity index (χ1) is 13.3. The number of carbonyl (C=O) groups is 2. The van der Waals surface area contributed by atoms with Gasteiger partial charge in [-0.2, -0.15) is 0 Å². The van der Waals surface area contributed by atoms with Crippen molar-refractivity contribution in [1.29, 1.82) is 0 Å². The number of rotatable bonds is 6. The van der Waals surface area contributed by atoms with Crippen molar-refractivity contribution in [3.05, 3.63) is 41.2 Å². The Morgan fingerprint density at radius 1 is 1.43 bits per heavy atom. The fraction of sp³-hybridized carbons (Fsp3) is 0.267. The zero-order valence-corrected chi connectivity index (χ0v) is 14.6. The molecule has 3 rings (SSSR count). The van der Waals surface area contributed by atoms with E-state index in [1.54, 1.807) is 12.1 Å². The molecule has 0 aliphatic carbocycles. The number of aliphatic imine (C=N–C) groups is 1. The molecule has 0 radical (unpaired) electrons. The van der Waals surface area contributed by atoms with Gasteiger partial charge in [-0.3, -0.25) is 4.79 Å². The summed E-state index contributed by atoms with van der Waals surface area (Å²) in [5.41, 5.74) is 11.5. The lowest BCUT2D eigenvalue weighted by Crippen LogP contribution is -2.53. The summed E-state index contributed by atoms with van der Waals surface area (Å²) in [4.78, 5) is 27.3. The third-order valence-corrected chi connectivity index (χ3v) is 4.01. The van der Waals surface area contributed by atoms with E-state index in [1.807, 2.05) is 0 Å². The molecule has 2 aromatic rings. The van der Waals surface area contributed by atoms with Gasteiger partial charge in [0.15, 0.2) is 5.96 Å². The van der Waals surface area contributed by atoms with Crippen LogP contribution in [0.1, 0.15) is 21.6 Å². The summed E-state index contributed by atoms with van der Waals surface area (Å²) < 4.78 is 6.64. The van der Waals surface area contributed by atoms with Crippen molar-refractivity contribution in [2.75, 3.05) is 0 Å². The predicted octanol–water partition coefficient (Wildman–Crippen LogP) is -2.11. The molecule has 0 spiro atoms. The number of hydrogen-bond acceptors (Lipinski definition) is 7. The molecule has 1 aromatic heterocycles. The molecule has 1 aliphatic heterocycles. The second-order valence-corrected chi connectivity index (χ2v) is 6.13. The van der Waals surface area contributed by atoms with Gasteiger partial charge in [0.1, 0.15) is 18.0 Å². The zero-order chi connectivity index (χ0) is 20.3. The van der Waals surface area contributed by atoms with Gasteiger partial charge < -0.3 is 31.6 Å². The van der Waals surface area contributed by atoms with E-state index < -0.39 is 24.9 Å². The number of hydrogen-bond donors (Lipinski definition) is 5. The van der Waals surface area contributed by atoms with Gasteiger partial charge >= 0.3 is 13.1 Å². The van der Waals surface area contributed by atoms with Crippen molar-refractivity contribution in [2.24, 2.45) is 16.5 Å². The maximum absolute atomic E-state index is 12.3. The number of nitrogens with two attached hydrogens (primary N) is 2. The van der Waals surface area contributed by atoms with Gasteiger partial charge in [-0.05, 0) is 18.1 Å². The third-order valence-electron chi connectivity index (χ3n) is 4.01. The van der Waals surface area contributed by atoms with Crippen LogP contribution in [0.15, 0.2) is 29.4 Å². The number of guanidine groups is 1. The summed E-state index contributed by atoms with van der Waals surface area (Å²) in [6.07, 6.45) is 1.74. The first-order valence-electron chi connectivity index (χ1n) is 8.27. The molecule has 1 atom stereocenters. The van der Waals surface area contributed by atoms with Crippen molar-refractivity contribution in [1.82, 2.24) is 20.3 Å². The Morgan fingerprint density at radius 2 is 2.21 bits per heavy atom. The highest BCUT2D eigenvalue weighted by Gasteiger charge is 2.37. The number of nitrogens with one attached hydrogen (secondary N) is 1. The number of benzene rings is 1. The van der Waals surface area contributed by atoms with Gasteiger partial charge in [0.25, 0.3) is 0 Å². The van der Waals surface area contributed by atoms with Crippen LogP contribution >= 0.6 is 0 Å². The molecule has 0 saturated heterocycles. The smallest absolute Gasteiger partial charge is 0.534 e. The van der Waals surface area contributed by atoms with E-state index >= 15 is 0 Å². The van der Waals surface area contributed by atoms with Crippen LogP contribution in [0.5, 0.6) is 5.75 Å². The zero-order valence-electron chi connectivity index (χ0n) is 14.6. The average molecular weight is 387 g/mol. The van der Waals surface area contributed by atoms with E-state index in [2.05, 4.69) is 20.6 Å². The molecule has 146 valence electrons. The lowest BCUT2D eigenvalue weighted by molar-refractivity contribution is -0.122. The van der Waals surface area contributed by atoms with Crippen LogP contribution in [-0.4, -0.2) is 56.0 Å². The molecule has 1 aliphatic rings. The Kier molecular flexibility index (Phi) is 5.45. The number of para-hydroxylation sites is 1. The molecular formula is C15H18BN7O5. The van der Waals surface area contributed by atoms with Crippen LogP contribution in [0.2, 0.25) is 0 Å². The molecule has 1 amide bonds. The lowest BCUT2D eigenvalue weighted by Gasteiger charge is -2.28. The molecule has 2 heterocycles. The van der Waals surface area contributed by atoms with Gasteiger partial charge in [-0.25, -0.2) is 14.5 Å². The normalized spacial score (nSPS) is 15.3. The Bertz CT molecular complexity index is 927. The van der Waals surface area contributed by atoms with E-state index in [1.165, 1.54) is 16.9 Å². The number of carboxylic acid groups (broad SMARTS) is 1. The van der Waals surface area contributed by atoms with Crippen LogP contribution in [0.3, 0.4) is 0 Å². The molecular weight excluding hydrogens is 369 g/mol. The van der Waals surface area contributed by atoms with Gasteiger partial charge in [-0.1, -0.05) is 17.3 Å². The monoisotopic (exact) mass is 387 g/mol.